The number of oxime groups is 1. The Morgan fingerprint density at radius 3 is 1.21 bits per heavy atom. The summed E-state index contributed by atoms with van der Waals surface area (Å²) in [5, 5.41) is 10.1. The summed E-state index contributed by atoms with van der Waals surface area (Å²) in [4.78, 5) is 0. The van der Waals surface area contributed by atoms with Crippen LogP contribution in [0.5, 0.6) is 0 Å². The molecule has 0 atom stereocenters. The summed E-state index contributed by atoms with van der Waals surface area (Å²) < 4.78 is 0. The summed E-state index contributed by atoms with van der Waals surface area (Å²) in [5.74, 6) is 4.71. The second kappa shape index (κ2) is 4.33. The lowest BCUT2D eigenvalue weighted by Gasteiger charge is -2.49. The molecule has 0 aliphatic heterocycles. The molecule has 4 aliphatic rings. The van der Waals surface area contributed by atoms with Gasteiger partial charge < -0.3 is 5.21 Å². The van der Waals surface area contributed by atoms with Crippen LogP contribution >= 0.6 is 0 Å². The fraction of sp³-hybridized carbons (Fsp3) is 0.917. The highest BCUT2D eigenvalue weighted by Crippen LogP contribution is 2.53. The van der Waals surface area contributed by atoms with Crippen molar-refractivity contribution in [2.24, 2.45) is 28.8 Å². The zero-order valence-electron chi connectivity index (χ0n) is 9.02. The van der Waals surface area contributed by atoms with Gasteiger partial charge in [0, 0.05) is 6.21 Å². The molecule has 4 saturated carbocycles. The highest BCUT2D eigenvalue weighted by molar-refractivity contribution is 5.51. The maximum absolute atomic E-state index is 7.44. The molecule has 0 amide bonds. The van der Waals surface area contributed by atoms with Gasteiger partial charge in [-0.2, -0.15) is 0 Å². The van der Waals surface area contributed by atoms with Crippen LogP contribution in [-0.4, -0.2) is 11.4 Å². The third kappa shape index (κ3) is 2.10. The van der Waals surface area contributed by atoms with Crippen LogP contribution in [0.2, 0.25) is 0 Å². The average Bonchev–Trinajstić information content (AvgIpc) is 2.16. The van der Waals surface area contributed by atoms with E-state index in [-0.39, 0.29) is 0 Å². The smallest absolute Gasteiger partial charge is 0.0404 e. The van der Waals surface area contributed by atoms with Crippen LogP contribution in [0.15, 0.2) is 5.16 Å². The van der Waals surface area contributed by atoms with E-state index < -0.39 is 0 Å². The molecule has 4 bridgehead atoms. The Morgan fingerprint density at radius 1 is 0.857 bits per heavy atom. The second-order valence-electron chi connectivity index (χ2n) is 5.25. The number of hydrogen-bond acceptors (Lipinski definition) is 2. The molecule has 4 rings (SSSR count). The van der Waals surface area contributed by atoms with E-state index in [0.29, 0.717) is 0 Å². The van der Waals surface area contributed by atoms with Crippen molar-refractivity contribution >= 4 is 6.21 Å². The molecule has 0 saturated heterocycles. The van der Waals surface area contributed by atoms with Crippen LogP contribution in [0, 0.1) is 23.7 Å². The summed E-state index contributed by atoms with van der Waals surface area (Å²) in [5.41, 5.74) is 0. The Labute approximate surface area is 86.4 Å². The zero-order valence-corrected chi connectivity index (χ0v) is 9.02. The summed E-state index contributed by atoms with van der Waals surface area (Å²) >= 11 is 0. The van der Waals surface area contributed by atoms with Crippen molar-refractivity contribution in [1.82, 2.24) is 0 Å². The summed E-state index contributed by atoms with van der Waals surface area (Å²) in [6.45, 7) is 1.64. The minimum atomic E-state index is 1.18. The first-order chi connectivity index (χ1) is 6.81. The van der Waals surface area contributed by atoms with Gasteiger partial charge in [0.2, 0.25) is 0 Å². The first-order valence-electron chi connectivity index (χ1n) is 5.93. The van der Waals surface area contributed by atoms with Crippen molar-refractivity contribution in [1.29, 1.82) is 0 Å². The largest absolute Gasteiger partial charge is 0.411 e. The molecule has 0 aromatic rings. The minimum absolute atomic E-state index is 1.18. The highest BCUT2D eigenvalue weighted by atomic mass is 16.4. The van der Waals surface area contributed by atoms with Gasteiger partial charge >= 0.3 is 0 Å². The van der Waals surface area contributed by atoms with Gasteiger partial charge in [0.15, 0.2) is 0 Å². The lowest BCUT2D eigenvalue weighted by atomic mass is 9.56. The Balaban J connectivity index is 0.000000165. The molecule has 2 heteroatoms. The number of nitrogens with zero attached hydrogens (tertiary/aromatic N) is 1. The van der Waals surface area contributed by atoms with E-state index >= 15 is 0 Å². The summed E-state index contributed by atoms with van der Waals surface area (Å²) in [6, 6.07) is 0. The Morgan fingerprint density at radius 2 is 1.07 bits per heavy atom. The van der Waals surface area contributed by atoms with Gasteiger partial charge in [-0.1, -0.05) is 0 Å². The average molecular weight is 195 g/mol. The molecule has 80 valence electrons. The topological polar surface area (TPSA) is 32.6 Å². The van der Waals surface area contributed by atoms with Crippen molar-refractivity contribution in [3.63, 3.8) is 0 Å². The molecule has 0 radical (unpaired) electrons. The molecule has 0 spiro atoms. The van der Waals surface area contributed by atoms with E-state index in [1.807, 2.05) is 0 Å². The van der Waals surface area contributed by atoms with E-state index in [0.717, 1.165) is 0 Å². The van der Waals surface area contributed by atoms with E-state index in [9.17, 15) is 0 Å². The second-order valence-corrected chi connectivity index (χ2v) is 5.25. The van der Waals surface area contributed by atoms with Crippen molar-refractivity contribution in [2.45, 2.75) is 45.4 Å². The van der Waals surface area contributed by atoms with Gasteiger partial charge in [-0.15, -0.1) is 5.16 Å². The van der Waals surface area contributed by atoms with Gasteiger partial charge in [-0.25, -0.2) is 0 Å². The van der Waals surface area contributed by atoms with Crippen LogP contribution in [0.1, 0.15) is 45.4 Å². The predicted molar refractivity (Wildman–Crippen MR) is 57.6 cm³/mol. The zero-order chi connectivity index (χ0) is 9.97. The molecule has 0 aromatic heterocycles. The van der Waals surface area contributed by atoms with Crippen LogP contribution in [0.3, 0.4) is 0 Å². The van der Waals surface area contributed by atoms with Crippen molar-refractivity contribution in [3.8, 4) is 0 Å². The fourth-order valence-corrected chi connectivity index (χ4v) is 3.98. The molecule has 0 unspecified atom stereocenters. The van der Waals surface area contributed by atoms with Crippen LogP contribution in [-0.2, 0) is 0 Å². The van der Waals surface area contributed by atoms with Gasteiger partial charge in [0.25, 0.3) is 0 Å². The van der Waals surface area contributed by atoms with E-state index in [1.54, 1.807) is 45.4 Å². The maximum atomic E-state index is 7.44. The number of rotatable bonds is 0. The SMILES string of the molecule is C1C2CC3CC1CC(C2)C3.CC=NO. The highest BCUT2D eigenvalue weighted by Gasteiger charge is 2.41. The maximum Gasteiger partial charge on any atom is 0.0404 e. The van der Waals surface area contributed by atoms with Crippen molar-refractivity contribution < 1.29 is 5.21 Å². The molecule has 1 N–H and O–H groups in total. The monoisotopic (exact) mass is 195 g/mol. The van der Waals surface area contributed by atoms with Gasteiger partial charge in [0.1, 0.15) is 0 Å². The Bertz CT molecular complexity index is 152. The lowest BCUT2D eigenvalue weighted by Crippen LogP contribution is -2.38. The summed E-state index contributed by atoms with van der Waals surface area (Å²) in [6.07, 6.45) is 10.9. The third-order valence-electron chi connectivity index (χ3n) is 4.12. The lowest BCUT2D eigenvalue weighted by molar-refractivity contribution is 0.0198. The van der Waals surface area contributed by atoms with E-state index in [2.05, 4.69) is 5.16 Å². The first kappa shape index (κ1) is 10.0. The summed E-state index contributed by atoms with van der Waals surface area (Å²) in [7, 11) is 0. The molecule has 0 heterocycles. The standard InChI is InChI=1S/C10H16.C2H5NO/c1-7-2-9-4-8(1)5-10(3-7)6-9;1-2-3-4/h7-10H,1-6H2;2,4H,1H3. The van der Waals surface area contributed by atoms with E-state index in [4.69, 9.17) is 5.21 Å². The molecular formula is C12H21NO. The Hall–Kier alpha value is -0.530. The quantitative estimate of drug-likeness (QED) is 0.359. The molecule has 0 aromatic carbocycles. The van der Waals surface area contributed by atoms with Crippen molar-refractivity contribution in [2.75, 3.05) is 0 Å². The van der Waals surface area contributed by atoms with Gasteiger partial charge in [-0.3, -0.25) is 0 Å². The number of hydrogen-bond donors (Lipinski definition) is 1. The molecule has 4 fully saturated rings. The normalized spacial score (nSPS) is 43.8. The van der Waals surface area contributed by atoms with Crippen LogP contribution < -0.4 is 0 Å². The van der Waals surface area contributed by atoms with Crippen LogP contribution in [0.4, 0.5) is 0 Å². The molecule has 2 nitrogen and oxygen atoms in total. The predicted octanol–water partition coefficient (Wildman–Crippen LogP) is 3.30. The van der Waals surface area contributed by atoms with Crippen molar-refractivity contribution in [3.05, 3.63) is 0 Å². The molecule has 14 heavy (non-hydrogen) atoms. The van der Waals surface area contributed by atoms with Gasteiger partial charge in [-0.05, 0) is 69.1 Å². The fourth-order valence-electron chi connectivity index (χ4n) is 3.98. The van der Waals surface area contributed by atoms with Crippen LogP contribution in [0.25, 0.3) is 0 Å². The minimum Gasteiger partial charge on any atom is -0.411 e. The molecule has 4 aliphatic carbocycles. The Kier molecular flexibility index (Phi) is 3.09. The van der Waals surface area contributed by atoms with E-state index in [1.165, 1.54) is 29.9 Å². The van der Waals surface area contributed by atoms with Gasteiger partial charge in [0.05, 0.1) is 0 Å². The first-order valence-corrected chi connectivity index (χ1v) is 5.93. The molecular weight excluding hydrogens is 174 g/mol. The third-order valence-corrected chi connectivity index (χ3v) is 4.12.